The van der Waals surface area contributed by atoms with Crippen LogP contribution in [-0.4, -0.2) is 38.7 Å². The van der Waals surface area contributed by atoms with Crippen LogP contribution in [0, 0.1) is 0 Å². The Hall–Kier alpha value is -2.16. The SMILES string of the molecule is COCCNC(=S)N/N=C\c1ccc(OCc2cccs2)c(OC)c1. The van der Waals surface area contributed by atoms with E-state index in [-0.39, 0.29) is 0 Å². The van der Waals surface area contributed by atoms with Gasteiger partial charge < -0.3 is 19.5 Å². The Morgan fingerprint density at radius 1 is 1.28 bits per heavy atom. The van der Waals surface area contributed by atoms with E-state index in [9.17, 15) is 0 Å². The first-order valence-corrected chi connectivity index (χ1v) is 8.90. The Labute approximate surface area is 156 Å². The number of thiophene rings is 1. The van der Waals surface area contributed by atoms with Gasteiger partial charge in [-0.15, -0.1) is 11.3 Å². The Bertz CT molecular complexity index is 690. The molecule has 1 aromatic carbocycles. The van der Waals surface area contributed by atoms with Crippen LogP contribution in [0.15, 0.2) is 40.8 Å². The van der Waals surface area contributed by atoms with Gasteiger partial charge in [0.05, 0.1) is 19.9 Å². The normalized spacial score (nSPS) is 10.6. The van der Waals surface area contributed by atoms with E-state index in [0.29, 0.717) is 36.4 Å². The third kappa shape index (κ3) is 6.69. The molecule has 0 bridgehead atoms. The molecule has 8 heteroatoms. The molecule has 0 amide bonds. The second-order valence-corrected chi connectivity index (χ2v) is 6.34. The predicted molar refractivity (Wildman–Crippen MR) is 105 cm³/mol. The zero-order valence-corrected chi connectivity index (χ0v) is 15.8. The Morgan fingerprint density at radius 3 is 2.88 bits per heavy atom. The number of hydrogen-bond acceptors (Lipinski definition) is 6. The molecule has 0 aliphatic rings. The summed E-state index contributed by atoms with van der Waals surface area (Å²) >= 11 is 6.75. The molecule has 25 heavy (non-hydrogen) atoms. The number of ether oxygens (including phenoxy) is 3. The van der Waals surface area contributed by atoms with E-state index >= 15 is 0 Å². The van der Waals surface area contributed by atoms with Gasteiger partial charge in [-0.2, -0.15) is 5.10 Å². The molecular formula is C17H21N3O3S2. The average molecular weight is 380 g/mol. The molecule has 134 valence electrons. The maximum atomic E-state index is 5.81. The number of nitrogens with one attached hydrogen (secondary N) is 2. The van der Waals surface area contributed by atoms with Gasteiger partial charge in [-0.05, 0) is 47.4 Å². The van der Waals surface area contributed by atoms with Crippen molar-refractivity contribution in [3.8, 4) is 11.5 Å². The molecule has 0 saturated carbocycles. The molecule has 6 nitrogen and oxygen atoms in total. The van der Waals surface area contributed by atoms with Crippen LogP contribution in [-0.2, 0) is 11.3 Å². The molecule has 0 spiro atoms. The Morgan fingerprint density at radius 2 is 2.16 bits per heavy atom. The number of methoxy groups -OCH3 is 2. The van der Waals surface area contributed by atoms with Gasteiger partial charge in [0.2, 0.25) is 0 Å². The van der Waals surface area contributed by atoms with E-state index in [0.717, 1.165) is 10.4 Å². The third-order valence-electron chi connectivity index (χ3n) is 3.11. The molecule has 0 radical (unpaired) electrons. The standard InChI is InChI=1S/C17H21N3O3S2/c1-21-8-7-18-17(24)20-19-11-13-5-6-15(16(10-13)22-2)23-12-14-4-3-9-25-14/h3-6,9-11H,7-8,12H2,1-2H3,(H2,18,20,24)/b19-11-. The Balaban J connectivity index is 1.89. The molecule has 0 aliphatic carbocycles. The summed E-state index contributed by atoms with van der Waals surface area (Å²) in [4.78, 5) is 1.16. The molecule has 0 fully saturated rings. The van der Waals surface area contributed by atoms with E-state index in [1.54, 1.807) is 31.8 Å². The maximum absolute atomic E-state index is 5.81. The van der Waals surface area contributed by atoms with Crippen molar-refractivity contribution in [2.75, 3.05) is 27.4 Å². The zero-order valence-electron chi connectivity index (χ0n) is 14.2. The quantitative estimate of drug-likeness (QED) is 0.302. The van der Waals surface area contributed by atoms with Crippen molar-refractivity contribution in [1.29, 1.82) is 0 Å². The lowest BCUT2D eigenvalue weighted by molar-refractivity contribution is 0.204. The molecule has 0 saturated heterocycles. The summed E-state index contributed by atoms with van der Waals surface area (Å²) in [5.41, 5.74) is 3.62. The lowest BCUT2D eigenvalue weighted by atomic mass is 10.2. The highest BCUT2D eigenvalue weighted by molar-refractivity contribution is 7.80. The van der Waals surface area contributed by atoms with Crippen molar-refractivity contribution >= 4 is 34.9 Å². The first-order chi connectivity index (χ1) is 12.2. The van der Waals surface area contributed by atoms with Gasteiger partial charge in [0.15, 0.2) is 16.6 Å². The molecule has 2 rings (SSSR count). The van der Waals surface area contributed by atoms with Crippen LogP contribution < -0.4 is 20.2 Å². The lowest BCUT2D eigenvalue weighted by Crippen LogP contribution is -2.34. The summed E-state index contributed by atoms with van der Waals surface area (Å²) in [6.45, 7) is 1.72. The van der Waals surface area contributed by atoms with Crippen LogP contribution in [0.1, 0.15) is 10.4 Å². The van der Waals surface area contributed by atoms with Crippen molar-refractivity contribution in [3.05, 3.63) is 46.2 Å². The molecular weight excluding hydrogens is 358 g/mol. The second kappa shape index (κ2) is 10.7. The summed E-state index contributed by atoms with van der Waals surface area (Å²) in [7, 11) is 3.25. The molecule has 0 unspecified atom stereocenters. The van der Waals surface area contributed by atoms with E-state index in [1.165, 1.54) is 0 Å². The van der Waals surface area contributed by atoms with Gasteiger partial charge in [-0.25, -0.2) is 0 Å². The lowest BCUT2D eigenvalue weighted by Gasteiger charge is -2.10. The van der Waals surface area contributed by atoms with Crippen molar-refractivity contribution in [2.24, 2.45) is 5.10 Å². The molecule has 0 atom stereocenters. The fourth-order valence-corrected chi connectivity index (χ4v) is 2.67. The van der Waals surface area contributed by atoms with Crippen molar-refractivity contribution < 1.29 is 14.2 Å². The van der Waals surface area contributed by atoms with E-state index < -0.39 is 0 Å². The van der Waals surface area contributed by atoms with E-state index in [4.69, 9.17) is 26.4 Å². The number of benzene rings is 1. The van der Waals surface area contributed by atoms with Gasteiger partial charge in [0.1, 0.15) is 6.61 Å². The number of rotatable bonds is 9. The van der Waals surface area contributed by atoms with E-state index in [1.807, 2.05) is 35.7 Å². The van der Waals surface area contributed by atoms with Crippen LogP contribution in [0.5, 0.6) is 11.5 Å². The Kier molecular flexibility index (Phi) is 8.17. The predicted octanol–water partition coefficient (Wildman–Crippen LogP) is 2.78. The molecule has 0 aliphatic heterocycles. The highest BCUT2D eigenvalue weighted by Gasteiger charge is 2.06. The smallest absolute Gasteiger partial charge is 0.187 e. The van der Waals surface area contributed by atoms with Crippen LogP contribution in [0.2, 0.25) is 0 Å². The first-order valence-electron chi connectivity index (χ1n) is 7.62. The highest BCUT2D eigenvalue weighted by atomic mass is 32.1. The van der Waals surface area contributed by atoms with Gasteiger partial charge in [-0.3, -0.25) is 5.43 Å². The minimum absolute atomic E-state index is 0.441. The number of hydrazone groups is 1. The van der Waals surface area contributed by atoms with Crippen LogP contribution in [0.3, 0.4) is 0 Å². The number of hydrogen-bond donors (Lipinski definition) is 2. The fraction of sp³-hybridized carbons (Fsp3) is 0.294. The summed E-state index contributed by atoms with van der Waals surface area (Å²) < 4.78 is 16.1. The molecule has 1 aromatic heterocycles. The maximum Gasteiger partial charge on any atom is 0.187 e. The van der Waals surface area contributed by atoms with Crippen molar-refractivity contribution in [2.45, 2.75) is 6.61 Å². The molecule has 2 N–H and O–H groups in total. The summed E-state index contributed by atoms with van der Waals surface area (Å²) in [6, 6.07) is 9.66. The number of nitrogens with zero attached hydrogens (tertiary/aromatic N) is 1. The monoisotopic (exact) mass is 379 g/mol. The molecule has 2 aromatic rings. The average Bonchev–Trinajstić information content (AvgIpc) is 3.14. The summed E-state index contributed by atoms with van der Waals surface area (Å²) in [5.74, 6) is 1.35. The van der Waals surface area contributed by atoms with Crippen LogP contribution in [0.4, 0.5) is 0 Å². The fourth-order valence-electron chi connectivity index (χ4n) is 1.90. The molecule has 1 heterocycles. The minimum Gasteiger partial charge on any atom is -0.493 e. The van der Waals surface area contributed by atoms with Gasteiger partial charge in [0.25, 0.3) is 0 Å². The number of thiocarbonyl (C=S) groups is 1. The topological polar surface area (TPSA) is 64.1 Å². The highest BCUT2D eigenvalue weighted by Crippen LogP contribution is 2.28. The van der Waals surface area contributed by atoms with Crippen molar-refractivity contribution in [3.63, 3.8) is 0 Å². The summed E-state index contributed by atoms with van der Waals surface area (Å²) in [5, 5.41) is 9.53. The van der Waals surface area contributed by atoms with Gasteiger partial charge in [0, 0.05) is 18.5 Å². The van der Waals surface area contributed by atoms with E-state index in [2.05, 4.69) is 15.8 Å². The van der Waals surface area contributed by atoms with Gasteiger partial charge >= 0.3 is 0 Å². The van der Waals surface area contributed by atoms with Crippen LogP contribution >= 0.6 is 23.6 Å². The van der Waals surface area contributed by atoms with Crippen molar-refractivity contribution in [1.82, 2.24) is 10.7 Å². The second-order valence-electron chi connectivity index (χ2n) is 4.90. The van der Waals surface area contributed by atoms with Crippen LogP contribution in [0.25, 0.3) is 0 Å². The third-order valence-corrected chi connectivity index (χ3v) is 4.19. The minimum atomic E-state index is 0.441. The van der Waals surface area contributed by atoms with Gasteiger partial charge in [-0.1, -0.05) is 6.07 Å². The largest absolute Gasteiger partial charge is 0.493 e. The zero-order chi connectivity index (χ0) is 17.9. The first kappa shape index (κ1) is 19.2. The summed E-state index contributed by atoms with van der Waals surface area (Å²) in [6.07, 6.45) is 1.66.